The van der Waals surface area contributed by atoms with E-state index in [1.54, 1.807) is 6.92 Å². The molecule has 0 bridgehead atoms. The largest absolute Gasteiger partial charge is 0.444 e. The van der Waals surface area contributed by atoms with E-state index >= 15 is 0 Å². The summed E-state index contributed by atoms with van der Waals surface area (Å²) in [7, 11) is 0. The summed E-state index contributed by atoms with van der Waals surface area (Å²) in [4.78, 5) is 11.5. The van der Waals surface area contributed by atoms with Gasteiger partial charge < -0.3 is 15.2 Å². The first-order chi connectivity index (χ1) is 8.21. The van der Waals surface area contributed by atoms with E-state index in [1.807, 2.05) is 20.8 Å². The van der Waals surface area contributed by atoms with Crippen molar-refractivity contribution in [2.45, 2.75) is 58.2 Å². The highest BCUT2D eigenvalue weighted by molar-refractivity contribution is 5.67. The Morgan fingerprint density at radius 2 is 2.06 bits per heavy atom. The molecule has 4 nitrogen and oxygen atoms in total. The van der Waals surface area contributed by atoms with Crippen LogP contribution in [-0.2, 0) is 4.74 Å². The van der Waals surface area contributed by atoms with Gasteiger partial charge in [0.1, 0.15) is 5.60 Å². The number of ether oxygens (including phenoxy) is 1. The molecule has 2 atom stereocenters. The van der Waals surface area contributed by atoms with Crippen molar-refractivity contribution in [1.29, 1.82) is 0 Å². The van der Waals surface area contributed by atoms with Crippen molar-refractivity contribution in [2.75, 3.05) is 6.54 Å². The lowest BCUT2D eigenvalue weighted by atomic mass is 9.80. The summed E-state index contributed by atoms with van der Waals surface area (Å²) in [5, 5.41) is 13.0. The number of carbonyl (C=O) groups is 1. The standard InChI is InChI=1S/C14H25NO3/c1-13(2,3)18-12(16)15-10-14(4,17)11-8-6-5-7-9-11/h5-6,11,17H,7-10H2,1-4H3,(H,15,16). The summed E-state index contributed by atoms with van der Waals surface area (Å²) in [6, 6.07) is 0. The van der Waals surface area contributed by atoms with Gasteiger partial charge in [0.25, 0.3) is 0 Å². The summed E-state index contributed by atoms with van der Waals surface area (Å²) in [6.45, 7) is 7.44. The van der Waals surface area contributed by atoms with E-state index in [-0.39, 0.29) is 12.5 Å². The molecule has 1 aliphatic carbocycles. The molecule has 1 amide bonds. The van der Waals surface area contributed by atoms with Gasteiger partial charge >= 0.3 is 6.09 Å². The molecule has 0 saturated heterocycles. The average molecular weight is 255 g/mol. The van der Waals surface area contributed by atoms with E-state index < -0.39 is 17.3 Å². The van der Waals surface area contributed by atoms with Crippen molar-refractivity contribution < 1.29 is 14.6 Å². The fourth-order valence-electron chi connectivity index (χ4n) is 2.07. The third-order valence-corrected chi connectivity index (χ3v) is 3.14. The Labute approximate surface area is 109 Å². The van der Waals surface area contributed by atoms with Crippen LogP contribution >= 0.6 is 0 Å². The van der Waals surface area contributed by atoms with Crippen LogP contribution in [0.2, 0.25) is 0 Å². The minimum Gasteiger partial charge on any atom is -0.444 e. The normalized spacial score (nSPS) is 23.3. The fourth-order valence-corrected chi connectivity index (χ4v) is 2.07. The van der Waals surface area contributed by atoms with Gasteiger partial charge in [0, 0.05) is 6.54 Å². The zero-order chi connectivity index (χ0) is 13.8. The second kappa shape index (κ2) is 5.74. The van der Waals surface area contributed by atoms with Gasteiger partial charge in [-0.15, -0.1) is 0 Å². The van der Waals surface area contributed by atoms with Crippen molar-refractivity contribution in [2.24, 2.45) is 5.92 Å². The van der Waals surface area contributed by atoms with E-state index in [0.717, 1.165) is 19.3 Å². The molecular weight excluding hydrogens is 230 g/mol. The van der Waals surface area contributed by atoms with Gasteiger partial charge in [-0.25, -0.2) is 4.79 Å². The molecule has 18 heavy (non-hydrogen) atoms. The highest BCUT2D eigenvalue weighted by Gasteiger charge is 2.32. The molecule has 0 radical (unpaired) electrons. The molecule has 0 aromatic rings. The Balaban J connectivity index is 2.41. The van der Waals surface area contributed by atoms with Crippen molar-refractivity contribution in [1.82, 2.24) is 5.32 Å². The maximum absolute atomic E-state index is 11.5. The molecule has 0 fully saturated rings. The van der Waals surface area contributed by atoms with Crippen LogP contribution < -0.4 is 5.32 Å². The SMILES string of the molecule is CC(C)(C)OC(=O)NCC(C)(O)C1CC=CCC1. The Morgan fingerprint density at radius 1 is 1.39 bits per heavy atom. The summed E-state index contributed by atoms with van der Waals surface area (Å²) in [5.41, 5.74) is -1.40. The predicted octanol–water partition coefficient (Wildman–Crippen LogP) is 2.62. The van der Waals surface area contributed by atoms with Crippen molar-refractivity contribution in [3.8, 4) is 0 Å². The van der Waals surface area contributed by atoms with Gasteiger partial charge in [-0.1, -0.05) is 12.2 Å². The molecule has 0 aromatic heterocycles. The Kier molecular flexibility index (Phi) is 4.79. The first kappa shape index (κ1) is 15.0. The highest BCUT2D eigenvalue weighted by Crippen LogP contribution is 2.28. The molecule has 0 aromatic carbocycles. The number of hydrogen-bond donors (Lipinski definition) is 2. The van der Waals surface area contributed by atoms with Crippen molar-refractivity contribution in [3.05, 3.63) is 12.2 Å². The number of aliphatic hydroxyl groups is 1. The third-order valence-electron chi connectivity index (χ3n) is 3.14. The Hall–Kier alpha value is -1.03. The lowest BCUT2D eigenvalue weighted by molar-refractivity contribution is -0.00888. The van der Waals surface area contributed by atoms with Crippen LogP contribution in [0.5, 0.6) is 0 Å². The average Bonchev–Trinajstić information content (AvgIpc) is 2.26. The monoisotopic (exact) mass is 255 g/mol. The summed E-state index contributed by atoms with van der Waals surface area (Å²) < 4.78 is 5.15. The van der Waals surface area contributed by atoms with Gasteiger partial charge in [-0.05, 0) is 52.9 Å². The van der Waals surface area contributed by atoms with Crippen LogP contribution in [-0.4, -0.2) is 28.9 Å². The van der Waals surface area contributed by atoms with Crippen LogP contribution in [0.4, 0.5) is 4.79 Å². The summed E-state index contributed by atoms with van der Waals surface area (Å²) in [5.74, 6) is 0.192. The maximum Gasteiger partial charge on any atom is 0.407 e. The molecule has 0 saturated carbocycles. The molecule has 104 valence electrons. The van der Waals surface area contributed by atoms with Crippen LogP contribution in [0.25, 0.3) is 0 Å². The van der Waals surface area contributed by atoms with Crippen LogP contribution in [0.1, 0.15) is 47.0 Å². The molecule has 0 aliphatic heterocycles. The van der Waals surface area contributed by atoms with Crippen LogP contribution in [0.3, 0.4) is 0 Å². The number of carbonyl (C=O) groups excluding carboxylic acids is 1. The minimum absolute atomic E-state index is 0.192. The third kappa shape index (κ3) is 5.08. The van der Waals surface area contributed by atoms with Crippen molar-refractivity contribution >= 4 is 6.09 Å². The van der Waals surface area contributed by atoms with Crippen LogP contribution in [0.15, 0.2) is 12.2 Å². The quantitative estimate of drug-likeness (QED) is 0.762. The lowest BCUT2D eigenvalue weighted by Gasteiger charge is -2.34. The van der Waals surface area contributed by atoms with Crippen molar-refractivity contribution in [3.63, 3.8) is 0 Å². The first-order valence-electron chi connectivity index (χ1n) is 6.55. The zero-order valence-electron chi connectivity index (χ0n) is 11.8. The van der Waals surface area contributed by atoms with Gasteiger partial charge in [0.05, 0.1) is 5.60 Å². The van der Waals surface area contributed by atoms with E-state index in [0.29, 0.717) is 0 Å². The first-order valence-corrected chi connectivity index (χ1v) is 6.55. The summed E-state index contributed by atoms with van der Waals surface area (Å²) in [6.07, 6.45) is 6.56. The number of nitrogens with one attached hydrogen (secondary N) is 1. The molecule has 2 N–H and O–H groups in total. The second-order valence-corrected chi connectivity index (χ2v) is 6.19. The predicted molar refractivity (Wildman–Crippen MR) is 71.3 cm³/mol. The van der Waals surface area contributed by atoms with Crippen LogP contribution in [0, 0.1) is 5.92 Å². The second-order valence-electron chi connectivity index (χ2n) is 6.19. The zero-order valence-corrected chi connectivity index (χ0v) is 11.8. The van der Waals surface area contributed by atoms with Gasteiger partial charge in [-0.3, -0.25) is 0 Å². The maximum atomic E-state index is 11.5. The molecular formula is C14H25NO3. The molecule has 1 aliphatic rings. The smallest absolute Gasteiger partial charge is 0.407 e. The number of allylic oxidation sites excluding steroid dienone is 2. The number of rotatable bonds is 3. The molecule has 4 heteroatoms. The Morgan fingerprint density at radius 3 is 2.56 bits per heavy atom. The molecule has 2 unspecified atom stereocenters. The Bertz CT molecular complexity index is 315. The molecule has 0 spiro atoms. The lowest BCUT2D eigenvalue weighted by Crippen LogP contribution is -2.47. The minimum atomic E-state index is -0.887. The van der Waals surface area contributed by atoms with E-state index in [2.05, 4.69) is 17.5 Å². The van der Waals surface area contributed by atoms with E-state index in [9.17, 15) is 9.90 Å². The fraction of sp³-hybridized carbons (Fsp3) is 0.786. The highest BCUT2D eigenvalue weighted by atomic mass is 16.6. The van der Waals surface area contributed by atoms with E-state index in [4.69, 9.17) is 4.74 Å². The van der Waals surface area contributed by atoms with Gasteiger partial charge in [0.2, 0.25) is 0 Å². The number of amides is 1. The summed E-state index contributed by atoms with van der Waals surface area (Å²) >= 11 is 0. The van der Waals surface area contributed by atoms with Gasteiger partial charge in [0.15, 0.2) is 0 Å². The number of alkyl carbamates (subject to hydrolysis) is 1. The molecule has 0 heterocycles. The van der Waals surface area contributed by atoms with E-state index in [1.165, 1.54) is 0 Å². The number of hydrogen-bond acceptors (Lipinski definition) is 3. The van der Waals surface area contributed by atoms with Gasteiger partial charge in [-0.2, -0.15) is 0 Å². The topological polar surface area (TPSA) is 58.6 Å². The molecule has 1 rings (SSSR count).